The van der Waals surface area contributed by atoms with E-state index in [1.807, 2.05) is 19.9 Å². The molecule has 1 aliphatic heterocycles. The summed E-state index contributed by atoms with van der Waals surface area (Å²) in [6, 6.07) is 0. The Kier molecular flexibility index (Phi) is 3.83. The summed E-state index contributed by atoms with van der Waals surface area (Å²) < 4.78 is 5.51. The number of fused-ring (bicyclic) bond motifs is 1. The number of carbonyl (C=O) groups excluding carboxylic acids is 2. The summed E-state index contributed by atoms with van der Waals surface area (Å²) >= 11 is 0. The fraction of sp³-hybridized carbons (Fsp3) is 0.700. The molecule has 0 unspecified atom stereocenters. The number of allylic oxidation sites excluding steroid dienone is 1. The summed E-state index contributed by atoms with van der Waals surface area (Å²) in [5.41, 5.74) is -0.849. The number of aliphatic hydroxyl groups excluding tert-OH is 1. The number of hydrogen-bond donors (Lipinski definition) is 1. The number of cyclic esters (lactones) is 1. The lowest BCUT2D eigenvalue weighted by Crippen LogP contribution is -2.57. The largest absolute Gasteiger partial charge is 0.456 e. The average Bonchev–Trinajstić information content (AvgIpc) is 2.81. The Bertz CT molecular complexity index is 632. The second kappa shape index (κ2) is 5.29. The highest BCUT2D eigenvalue weighted by Gasteiger charge is 2.60. The third kappa shape index (κ3) is 2.22. The molecular weight excluding hydrogens is 304 g/mol. The third-order valence-corrected chi connectivity index (χ3v) is 6.87. The number of aliphatic hydroxyl groups is 1. The summed E-state index contributed by atoms with van der Waals surface area (Å²) in [5, 5.41) is 10.7. The highest BCUT2D eigenvalue weighted by atomic mass is 16.6. The monoisotopic (exact) mass is 332 g/mol. The highest BCUT2D eigenvalue weighted by molar-refractivity contribution is 6.03. The van der Waals surface area contributed by atoms with E-state index < -0.39 is 23.0 Å². The van der Waals surface area contributed by atoms with Crippen molar-refractivity contribution in [2.45, 2.75) is 65.6 Å². The molecule has 4 heteroatoms. The number of Topliss-reactive ketones (excluding diaryl/α,β-unsaturated/α-hetero) is 1. The van der Waals surface area contributed by atoms with Gasteiger partial charge in [0.05, 0.1) is 17.9 Å². The molecule has 0 aromatic carbocycles. The van der Waals surface area contributed by atoms with Crippen molar-refractivity contribution in [3.8, 4) is 0 Å². The molecule has 1 saturated carbocycles. The summed E-state index contributed by atoms with van der Waals surface area (Å²) in [6.45, 7) is 12.0. The maximum atomic E-state index is 13.4. The van der Waals surface area contributed by atoms with Gasteiger partial charge in [-0.2, -0.15) is 0 Å². The van der Waals surface area contributed by atoms with Crippen molar-refractivity contribution >= 4 is 11.8 Å². The number of ketones is 1. The summed E-state index contributed by atoms with van der Waals surface area (Å²) in [7, 11) is 0. The number of rotatable bonds is 2. The van der Waals surface area contributed by atoms with Gasteiger partial charge >= 0.3 is 5.97 Å². The first kappa shape index (κ1) is 17.4. The maximum absolute atomic E-state index is 13.4. The maximum Gasteiger partial charge on any atom is 0.307 e. The third-order valence-electron chi connectivity index (χ3n) is 6.87. The minimum atomic E-state index is -0.817. The first-order chi connectivity index (χ1) is 11.1. The van der Waals surface area contributed by atoms with Gasteiger partial charge in [0.25, 0.3) is 0 Å². The standard InChI is InChI=1S/C20H28O4/c1-6-19(4)11-15(22)24-17(19)12-7-8-13-18(2,3)10-9-14(21)20(13,5)16(12)23/h6-7,13-14,17,21H,1,8-11H2,2-5H3/t13-,14-,17-,19-,20+/m0/s1. The van der Waals surface area contributed by atoms with Gasteiger partial charge in [0, 0.05) is 11.0 Å². The molecule has 0 amide bonds. The Labute approximate surface area is 144 Å². The van der Waals surface area contributed by atoms with E-state index in [1.165, 1.54) is 0 Å². The van der Waals surface area contributed by atoms with Gasteiger partial charge in [0.1, 0.15) is 6.10 Å². The predicted molar refractivity (Wildman–Crippen MR) is 91.1 cm³/mol. The molecule has 3 aliphatic rings. The van der Waals surface area contributed by atoms with Crippen molar-refractivity contribution in [3.05, 3.63) is 24.3 Å². The molecule has 132 valence electrons. The van der Waals surface area contributed by atoms with Gasteiger partial charge < -0.3 is 9.84 Å². The van der Waals surface area contributed by atoms with Crippen LogP contribution in [0.2, 0.25) is 0 Å². The first-order valence-corrected chi connectivity index (χ1v) is 8.82. The summed E-state index contributed by atoms with van der Waals surface area (Å²) in [4.78, 5) is 25.3. The van der Waals surface area contributed by atoms with E-state index in [4.69, 9.17) is 4.74 Å². The van der Waals surface area contributed by atoms with Crippen LogP contribution in [0.25, 0.3) is 0 Å². The Morgan fingerprint density at radius 2 is 1.96 bits per heavy atom. The Morgan fingerprint density at radius 1 is 1.29 bits per heavy atom. The van der Waals surface area contributed by atoms with Crippen LogP contribution in [-0.4, -0.2) is 29.1 Å². The van der Waals surface area contributed by atoms with Crippen molar-refractivity contribution in [3.63, 3.8) is 0 Å². The van der Waals surface area contributed by atoms with E-state index in [1.54, 1.807) is 6.08 Å². The van der Waals surface area contributed by atoms with Crippen molar-refractivity contribution in [1.29, 1.82) is 0 Å². The topological polar surface area (TPSA) is 63.6 Å². The molecule has 0 bridgehead atoms. The minimum Gasteiger partial charge on any atom is -0.456 e. The highest BCUT2D eigenvalue weighted by Crippen LogP contribution is 2.57. The molecule has 0 aromatic heterocycles. The smallest absolute Gasteiger partial charge is 0.307 e. The van der Waals surface area contributed by atoms with E-state index >= 15 is 0 Å². The lowest BCUT2D eigenvalue weighted by molar-refractivity contribution is -0.154. The molecule has 5 atom stereocenters. The van der Waals surface area contributed by atoms with Crippen LogP contribution in [0.5, 0.6) is 0 Å². The van der Waals surface area contributed by atoms with Crippen LogP contribution >= 0.6 is 0 Å². The van der Waals surface area contributed by atoms with Gasteiger partial charge in [-0.3, -0.25) is 9.59 Å². The molecule has 24 heavy (non-hydrogen) atoms. The summed E-state index contributed by atoms with van der Waals surface area (Å²) in [6.07, 6.45) is 4.91. The second-order valence-corrected chi connectivity index (χ2v) is 8.86. The number of esters is 1. The van der Waals surface area contributed by atoms with Crippen molar-refractivity contribution in [2.75, 3.05) is 0 Å². The molecule has 2 fully saturated rings. The van der Waals surface area contributed by atoms with E-state index in [2.05, 4.69) is 20.4 Å². The van der Waals surface area contributed by atoms with Crippen LogP contribution in [0.3, 0.4) is 0 Å². The zero-order valence-electron chi connectivity index (χ0n) is 15.1. The van der Waals surface area contributed by atoms with E-state index in [9.17, 15) is 14.7 Å². The van der Waals surface area contributed by atoms with Gasteiger partial charge in [-0.15, -0.1) is 6.58 Å². The van der Waals surface area contributed by atoms with Crippen LogP contribution in [0, 0.1) is 22.2 Å². The van der Waals surface area contributed by atoms with E-state index in [0.717, 1.165) is 12.8 Å². The predicted octanol–water partition coefficient (Wildman–Crippen LogP) is 3.20. The molecule has 4 nitrogen and oxygen atoms in total. The fourth-order valence-corrected chi connectivity index (χ4v) is 5.08. The van der Waals surface area contributed by atoms with Gasteiger partial charge in [0.2, 0.25) is 0 Å². The number of carbonyl (C=O) groups is 2. The van der Waals surface area contributed by atoms with Crippen LogP contribution in [0.15, 0.2) is 24.3 Å². The van der Waals surface area contributed by atoms with Gasteiger partial charge in [-0.25, -0.2) is 0 Å². The van der Waals surface area contributed by atoms with Crippen molar-refractivity contribution < 1.29 is 19.4 Å². The Morgan fingerprint density at radius 3 is 2.58 bits per heavy atom. The van der Waals surface area contributed by atoms with Crippen LogP contribution in [-0.2, 0) is 14.3 Å². The lowest BCUT2D eigenvalue weighted by atomic mass is 9.50. The van der Waals surface area contributed by atoms with Gasteiger partial charge in [0.15, 0.2) is 5.78 Å². The summed E-state index contributed by atoms with van der Waals surface area (Å²) in [5.74, 6) is -0.267. The Balaban J connectivity index is 2.04. The normalized spacial score (nSPS) is 44.5. The minimum absolute atomic E-state index is 0.000235. The molecule has 3 rings (SSSR count). The van der Waals surface area contributed by atoms with Gasteiger partial charge in [-0.05, 0) is 37.5 Å². The molecule has 1 N–H and O–H groups in total. The molecule has 1 saturated heterocycles. The zero-order valence-corrected chi connectivity index (χ0v) is 15.1. The van der Waals surface area contributed by atoms with Crippen LogP contribution in [0.1, 0.15) is 53.4 Å². The zero-order chi connectivity index (χ0) is 17.9. The van der Waals surface area contributed by atoms with Crippen LogP contribution in [0.4, 0.5) is 0 Å². The van der Waals surface area contributed by atoms with Crippen molar-refractivity contribution in [2.24, 2.45) is 22.2 Å². The van der Waals surface area contributed by atoms with E-state index in [0.29, 0.717) is 12.0 Å². The Hall–Kier alpha value is -1.42. The molecule has 0 radical (unpaired) electrons. The molecule has 0 spiro atoms. The van der Waals surface area contributed by atoms with Gasteiger partial charge in [-0.1, -0.05) is 32.9 Å². The molecular formula is C20H28O4. The number of hydrogen-bond acceptors (Lipinski definition) is 4. The molecule has 1 heterocycles. The fourth-order valence-electron chi connectivity index (χ4n) is 5.08. The van der Waals surface area contributed by atoms with E-state index in [-0.39, 0.29) is 29.5 Å². The lowest BCUT2D eigenvalue weighted by Gasteiger charge is -2.54. The quantitative estimate of drug-likeness (QED) is 0.623. The molecule has 2 aliphatic carbocycles. The second-order valence-electron chi connectivity index (χ2n) is 8.86. The number of ether oxygens (including phenoxy) is 1. The van der Waals surface area contributed by atoms with Crippen molar-refractivity contribution in [1.82, 2.24) is 0 Å². The molecule has 0 aromatic rings. The average molecular weight is 332 g/mol. The first-order valence-electron chi connectivity index (χ1n) is 8.82. The SMILES string of the molecule is C=C[C@@]1(C)CC(=O)O[C@H]1C1=CC[C@H]2C(C)(C)CC[C@H](O)[C@]2(C)C1=O. The van der Waals surface area contributed by atoms with Crippen LogP contribution < -0.4 is 0 Å².